The van der Waals surface area contributed by atoms with E-state index in [-0.39, 0.29) is 5.56 Å². The van der Waals surface area contributed by atoms with Crippen molar-refractivity contribution < 1.29 is 14.3 Å². The fourth-order valence-electron chi connectivity index (χ4n) is 2.35. The lowest BCUT2D eigenvalue weighted by Crippen LogP contribution is -2.38. The maximum Gasteiger partial charge on any atom is 0.339 e. The highest BCUT2D eigenvalue weighted by Gasteiger charge is 2.24. The highest BCUT2D eigenvalue weighted by Crippen LogP contribution is 2.24. The molecule has 0 spiro atoms. The minimum atomic E-state index is -0.910. The van der Waals surface area contributed by atoms with Crippen molar-refractivity contribution in [3.8, 4) is 0 Å². The first-order valence-electron chi connectivity index (χ1n) is 6.10. The molecule has 0 bridgehead atoms. The minimum Gasteiger partial charge on any atom is -0.478 e. The van der Waals surface area contributed by atoms with Crippen molar-refractivity contribution in [2.45, 2.75) is 26.8 Å². The SMILES string of the molecule is CC1CCN(Cc2occc2C(=O)O)CC1C. The van der Waals surface area contributed by atoms with Crippen molar-refractivity contribution in [2.24, 2.45) is 11.8 Å². The molecule has 0 saturated carbocycles. The lowest BCUT2D eigenvalue weighted by Gasteiger charge is -2.34. The molecule has 2 atom stereocenters. The Hall–Kier alpha value is -1.29. The smallest absolute Gasteiger partial charge is 0.339 e. The lowest BCUT2D eigenvalue weighted by atomic mass is 9.88. The Morgan fingerprint density at radius 2 is 2.29 bits per heavy atom. The standard InChI is InChI=1S/C13H19NO3/c1-9-3-5-14(7-10(9)2)8-12-11(13(15)16)4-6-17-12/h4,6,9-10H,3,5,7-8H2,1-2H3,(H,15,16). The predicted octanol–water partition coefficient (Wildman–Crippen LogP) is 2.46. The molecule has 1 aliphatic rings. The fraction of sp³-hybridized carbons (Fsp3) is 0.615. The molecule has 4 heteroatoms. The van der Waals surface area contributed by atoms with E-state index in [1.165, 1.54) is 18.8 Å². The molecular weight excluding hydrogens is 218 g/mol. The Balaban J connectivity index is 2.01. The van der Waals surface area contributed by atoms with Crippen LogP contribution in [0.4, 0.5) is 0 Å². The largest absolute Gasteiger partial charge is 0.478 e. The van der Waals surface area contributed by atoms with E-state index in [0.717, 1.165) is 19.0 Å². The Labute approximate surface area is 101 Å². The van der Waals surface area contributed by atoms with Gasteiger partial charge >= 0.3 is 5.97 Å². The molecule has 1 N–H and O–H groups in total. The summed E-state index contributed by atoms with van der Waals surface area (Å²) in [5.41, 5.74) is 0.288. The summed E-state index contributed by atoms with van der Waals surface area (Å²) in [5.74, 6) is 1.07. The van der Waals surface area contributed by atoms with E-state index in [1.54, 1.807) is 0 Å². The molecule has 1 aromatic heterocycles. The monoisotopic (exact) mass is 237 g/mol. The fourth-order valence-corrected chi connectivity index (χ4v) is 2.35. The first-order valence-corrected chi connectivity index (χ1v) is 6.10. The molecule has 94 valence electrons. The molecule has 1 aliphatic heterocycles. The molecule has 0 radical (unpaired) electrons. The van der Waals surface area contributed by atoms with Gasteiger partial charge in [-0.25, -0.2) is 4.79 Å². The highest BCUT2D eigenvalue weighted by atomic mass is 16.4. The van der Waals surface area contributed by atoms with Crippen LogP contribution in [0.15, 0.2) is 16.7 Å². The Bertz CT molecular complexity index is 399. The van der Waals surface area contributed by atoms with Crippen molar-refractivity contribution in [3.63, 3.8) is 0 Å². The van der Waals surface area contributed by atoms with Gasteiger partial charge in [-0.05, 0) is 30.9 Å². The van der Waals surface area contributed by atoms with Crippen LogP contribution >= 0.6 is 0 Å². The van der Waals surface area contributed by atoms with Crippen LogP contribution in [0.3, 0.4) is 0 Å². The van der Waals surface area contributed by atoms with Crippen LogP contribution in [0.25, 0.3) is 0 Å². The van der Waals surface area contributed by atoms with E-state index < -0.39 is 5.97 Å². The summed E-state index contributed by atoms with van der Waals surface area (Å²) in [7, 11) is 0. The molecule has 1 fully saturated rings. The van der Waals surface area contributed by atoms with Crippen molar-refractivity contribution in [1.82, 2.24) is 4.90 Å². The quantitative estimate of drug-likeness (QED) is 0.877. The third-order valence-corrected chi connectivity index (χ3v) is 3.76. The second kappa shape index (κ2) is 4.92. The third kappa shape index (κ3) is 2.69. The molecule has 0 aromatic carbocycles. The number of hydrogen-bond donors (Lipinski definition) is 1. The van der Waals surface area contributed by atoms with Gasteiger partial charge in [-0.1, -0.05) is 13.8 Å². The van der Waals surface area contributed by atoms with Gasteiger partial charge in [0.2, 0.25) is 0 Å². The van der Waals surface area contributed by atoms with Gasteiger partial charge < -0.3 is 9.52 Å². The molecule has 1 saturated heterocycles. The van der Waals surface area contributed by atoms with Crippen LogP contribution in [-0.2, 0) is 6.54 Å². The lowest BCUT2D eigenvalue weighted by molar-refractivity contribution is 0.0689. The van der Waals surface area contributed by atoms with Crippen LogP contribution in [0.5, 0.6) is 0 Å². The summed E-state index contributed by atoms with van der Waals surface area (Å²) in [6.07, 6.45) is 2.62. The summed E-state index contributed by atoms with van der Waals surface area (Å²) >= 11 is 0. The van der Waals surface area contributed by atoms with Crippen LogP contribution in [0.1, 0.15) is 36.4 Å². The Morgan fingerprint density at radius 1 is 1.53 bits per heavy atom. The van der Waals surface area contributed by atoms with E-state index in [4.69, 9.17) is 9.52 Å². The summed E-state index contributed by atoms with van der Waals surface area (Å²) in [6, 6.07) is 1.52. The zero-order valence-electron chi connectivity index (χ0n) is 10.3. The van der Waals surface area contributed by atoms with Crippen molar-refractivity contribution in [1.29, 1.82) is 0 Å². The van der Waals surface area contributed by atoms with Crippen LogP contribution in [-0.4, -0.2) is 29.1 Å². The number of nitrogens with zero attached hydrogens (tertiary/aromatic N) is 1. The topological polar surface area (TPSA) is 53.7 Å². The van der Waals surface area contributed by atoms with E-state index in [9.17, 15) is 4.79 Å². The van der Waals surface area contributed by atoms with Gasteiger partial charge in [0.15, 0.2) is 0 Å². The number of hydrogen-bond acceptors (Lipinski definition) is 3. The molecule has 2 heterocycles. The van der Waals surface area contributed by atoms with Crippen molar-refractivity contribution in [2.75, 3.05) is 13.1 Å². The number of piperidine rings is 1. The first kappa shape index (κ1) is 12.2. The number of likely N-dealkylation sites (tertiary alicyclic amines) is 1. The molecule has 4 nitrogen and oxygen atoms in total. The summed E-state index contributed by atoms with van der Waals surface area (Å²) in [4.78, 5) is 13.2. The zero-order valence-corrected chi connectivity index (χ0v) is 10.3. The number of furan rings is 1. The summed E-state index contributed by atoms with van der Waals surface area (Å²) in [6.45, 7) is 7.16. The van der Waals surface area contributed by atoms with Gasteiger partial charge in [-0.15, -0.1) is 0 Å². The van der Waals surface area contributed by atoms with Crippen molar-refractivity contribution in [3.05, 3.63) is 23.7 Å². The van der Waals surface area contributed by atoms with E-state index >= 15 is 0 Å². The third-order valence-electron chi connectivity index (χ3n) is 3.76. The number of carboxylic acid groups (broad SMARTS) is 1. The van der Waals surface area contributed by atoms with E-state index in [2.05, 4.69) is 18.7 Å². The van der Waals surface area contributed by atoms with Gasteiger partial charge in [0.25, 0.3) is 0 Å². The van der Waals surface area contributed by atoms with Crippen LogP contribution in [0, 0.1) is 11.8 Å². The number of aromatic carboxylic acids is 1. The zero-order chi connectivity index (χ0) is 12.4. The maximum absolute atomic E-state index is 11.0. The predicted molar refractivity (Wildman–Crippen MR) is 63.9 cm³/mol. The van der Waals surface area contributed by atoms with Crippen LogP contribution < -0.4 is 0 Å². The van der Waals surface area contributed by atoms with Gasteiger partial charge in [0.05, 0.1) is 12.8 Å². The van der Waals surface area contributed by atoms with Crippen LogP contribution in [0.2, 0.25) is 0 Å². The van der Waals surface area contributed by atoms with Gasteiger partial charge in [-0.2, -0.15) is 0 Å². The maximum atomic E-state index is 11.0. The van der Waals surface area contributed by atoms with Gasteiger partial charge in [0, 0.05) is 6.54 Å². The number of rotatable bonds is 3. The number of carbonyl (C=O) groups is 1. The van der Waals surface area contributed by atoms with Crippen molar-refractivity contribution >= 4 is 5.97 Å². The van der Waals surface area contributed by atoms with E-state index in [0.29, 0.717) is 18.2 Å². The minimum absolute atomic E-state index is 0.288. The summed E-state index contributed by atoms with van der Waals surface area (Å²) < 4.78 is 5.27. The number of carboxylic acids is 1. The average Bonchev–Trinajstić information content (AvgIpc) is 2.72. The molecule has 2 unspecified atom stereocenters. The molecular formula is C13H19NO3. The second-order valence-corrected chi connectivity index (χ2v) is 5.04. The highest BCUT2D eigenvalue weighted by molar-refractivity contribution is 5.88. The van der Waals surface area contributed by atoms with Gasteiger partial charge in [-0.3, -0.25) is 4.90 Å². The normalized spacial score (nSPS) is 26.0. The average molecular weight is 237 g/mol. The Morgan fingerprint density at radius 3 is 2.94 bits per heavy atom. The molecule has 0 aliphatic carbocycles. The summed E-state index contributed by atoms with van der Waals surface area (Å²) in [5, 5.41) is 9.00. The second-order valence-electron chi connectivity index (χ2n) is 5.04. The molecule has 17 heavy (non-hydrogen) atoms. The van der Waals surface area contributed by atoms with Gasteiger partial charge in [0.1, 0.15) is 11.3 Å². The molecule has 0 amide bonds. The molecule has 2 rings (SSSR count). The van der Waals surface area contributed by atoms with E-state index in [1.807, 2.05) is 0 Å². The molecule has 1 aromatic rings. The Kier molecular flexibility index (Phi) is 3.52. The first-order chi connectivity index (χ1) is 8.08.